The van der Waals surface area contributed by atoms with Gasteiger partial charge in [-0.15, -0.1) is 0 Å². The highest BCUT2D eigenvalue weighted by Crippen LogP contribution is 2.25. The SMILES string of the molecule is NC(=O)c1cc(N2CCC(C(=O)N3CCCCCC3)CC2)ccn1. The molecule has 130 valence electrons. The fraction of sp³-hybridized carbons (Fsp3) is 0.611. The number of primary amides is 1. The standard InChI is InChI=1S/C18H26N4O2/c19-17(23)16-13-15(5-8-20-16)21-11-6-14(7-12-21)18(24)22-9-3-1-2-4-10-22/h5,8,13-14H,1-4,6-7,9-12H2,(H2,19,23). The van der Waals surface area contributed by atoms with Crippen molar-refractivity contribution in [2.24, 2.45) is 11.7 Å². The van der Waals surface area contributed by atoms with E-state index in [-0.39, 0.29) is 11.6 Å². The molecule has 2 aliphatic heterocycles. The largest absolute Gasteiger partial charge is 0.371 e. The number of rotatable bonds is 3. The van der Waals surface area contributed by atoms with Gasteiger partial charge < -0.3 is 15.5 Å². The van der Waals surface area contributed by atoms with Crippen molar-refractivity contribution in [2.45, 2.75) is 38.5 Å². The Kier molecular flexibility index (Phi) is 5.33. The number of hydrogen-bond acceptors (Lipinski definition) is 4. The molecule has 0 unspecified atom stereocenters. The molecule has 1 aromatic rings. The van der Waals surface area contributed by atoms with E-state index >= 15 is 0 Å². The van der Waals surface area contributed by atoms with Gasteiger partial charge in [0.05, 0.1) is 0 Å². The lowest BCUT2D eigenvalue weighted by atomic mass is 9.94. The van der Waals surface area contributed by atoms with Crippen molar-refractivity contribution in [1.82, 2.24) is 9.88 Å². The van der Waals surface area contributed by atoms with Gasteiger partial charge in [0.15, 0.2) is 0 Å². The molecule has 2 fully saturated rings. The number of nitrogens with two attached hydrogens (primary N) is 1. The number of hydrogen-bond donors (Lipinski definition) is 1. The number of carbonyl (C=O) groups excluding carboxylic acids is 2. The van der Waals surface area contributed by atoms with E-state index in [0.29, 0.717) is 5.91 Å². The Labute approximate surface area is 143 Å². The third kappa shape index (κ3) is 3.86. The van der Waals surface area contributed by atoms with Crippen LogP contribution in [0.15, 0.2) is 18.3 Å². The van der Waals surface area contributed by atoms with E-state index in [2.05, 4.69) is 14.8 Å². The lowest BCUT2D eigenvalue weighted by molar-refractivity contribution is -0.136. The molecule has 2 aliphatic rings. The van der Waals surface area contributed by atoms with Crippen LogP contribution >= 0.6 is 0 Å². The Morgan fingerprint density at radius 2 is 1.71 bits per heavy atom. The van der Waals surface area contributed by atoms with Crippen molar-refractivity contribution in [3.8, 4) is 0 Å². The van der Waals surface area contributed by atoms with Crippen molar-refractivity contribution >= 4 is 17.5 Å². The number of nitrogens with zero attached hydrogens (tertiary/aromatic N) is 3. The first kappa shape index (κ1) is 16.7. The summed E-state index contributed by atoms with van der Waals surface area (Å²) in [6, 6.07) is 3.63. The molecule has 0 radical (unpaired) electrons. The average molecular weight is 330 g/mol. The Morgan fingerprint density at radius 1 is 1.04 bits per heavy atom. The van der Waals surface area contributed by atoms with E-state index in [1.54, 1.807) is 12.3 Å². The van der Waals surface area contributed by atoms with Crippen LogP contribution in [-0.4, -0.2) is 47.9 Å². The molecule has 0 aliphatic carbocycles. The van der Waals surface area contributed by atoms with Crippen LogP contribution in [0.1, 0.15) is 49.0 Å². The first-order valence-corrected chi connectivity index (χ1v) is 8.95. The number of carbonyl (C=O) groups is 2. The highest BCUT2D eigenvalue weighted by molar-refractivity contribution is 5.91. The zero-order valence-electron chi connectivity index (χ0n) is 14.1. The van der Waals surface area contributed by atoms with E-state index < -0.39 is 5.91 Å². The summed E-state index contributed by atoms with van der Waals surface area (Å²) in [5.41, 5.74) is 6.54. The fourth-order valence-corrected chi connectivity index (χ4v) is 3.68. The Hall–Kier alpha value is -2.11. The maximum absolute atomic E-state index is 12.7. The summed E-state index contributed by atoms with van der Waals surface area (Å²) < 4.78 is 0. The van der Waals surface area contributed by atoms with Gasteiger partial charge in [0.25, 0.3) is 5.91 Å². The molecule has 0 atom stereocenters. The van der Waals surface area contributed by atoms with Crippen molar-refractivity contribution in [3.05, 3.63) is 24.0 Å². The fourth-order valence-electron chi connectivity index (χ4n) is 3.68. The van der Waals surface area contributed by atoms with Crippen molar-refractivity contribution < 1.29 is 9.59 Å². The summed E-state index contributed by atoms with van der Waals surface area (Å²) in [6.07, 6.45) is 8.10. The van der Waals surface area contributed by atoms with Crippen LogP contribution in [0.2, 0.25) is 0 Å². The molecule has 0 aromatic carbocycles. The van der Waals surface area contributed by atoms with Crippen molar-refractivity contribution in [2.75, 3.05) is 31.1 Å². The number of piperidine rings is 1. The van der Waals surface area contributed by atoms with Gasteiger partial charge in [0, 0.05) is 44.0 Å². The van der Waals surface area contributed by atoms with Crippen molar-refractivity contribution in [3.63, 3.8) is 0 Å². The maximum Gasteiger partial charge on any atom is 0.267 e. The summed E-state index contributed by atoms with van der Waals surface area (Å²) >= 11 is 0. The zero-order valence-corrected chi connectivity index (χ0v) is 14.1. The molecule has 2 saturated heterocycles. The van der Waals surface area contributed by atoms with E-state index in [1.165, 1.54) is 12.8 Å². The van der Waals surface area contributed by atoms with Crippen LogP contribution < -0.4 is 10.6 Å². The Morgan fingerprint density at radius 3 is 2.33 bits per heavy atom. The summed E-state index contributed by atoms with van der Waals surface area (Å²) in [5, 5.41) is 0. The molecule has 6 heteroatoms. The van der Waals surface area contributed by atoms with Gasteiger partial charge in [-0.3, -0.25) is 14.6 Å². The molecule has 3 heterocycles. The minimum Gasteiger partial charge on any atom is -0.371 e. The first-order chi connectivity index (χ1) is 11.6. The predicted molar refractivity (Wildman–Crippen MR) is 92.7 cm³/mol. The van der Waals surface area contributed by atoms with Crippen LogP contribution in [0.4, 0.5) is 5.69 Å². The second-order valence-electron chi connectivity index (χ2n) is 6.76. The quantitative estimate of drug-likeness (QED) is 0.916. The van der Waals surface area contributed by atoms with Gasteiger partial charge in [-0.25, -0.2) is 0 Å². The average Bonchev–Trinajstić information content (AvgIpc) is 2.91. The van der Waals surface area contributed by atoms with Crippen LogP contribution in [0, 0.1) is 5.92 Å². The molecule has 3 rings (SSSR count). The zero-order chi connectivity index (χ0) is 16.9. The molecule has 1 aromatic heterocycles. The lowest BCUT2D eigenvalue weighted by Crippen LogP contribution is -2.43. The topological polar surface area (TPSA) is 79.5 Å². The van der Waals surface area contributed by atoms with Gasteiger partial charge >= 0.3 is 0 Å². The van der Waals surface area contributed by atoms with Crippen LogP contribution in [0.3, 0.4) is 0 Å². The second-order valence-corrected chi connectivity index (χ2v) is 6.76. The minimum atomic E-state index is -0.511. The summed E-state index contributed by atoms with van der Waals surface area (Å²) in [5.74, 6) is -0.0380. The maximum atomic E-state index is 12.7. The van der Waals surface area contributed by atoms with Crippen LogP contribution in [0.25, 0.3) is 0 Å². The summed E-state index contributed by atoms with van der Waals surface area (Å²) in [6.45, 7) is 3.50. The van der Waals surface area contributed by atoms with Gasteiger partial charge in [-0.2, -0.15) is 0 Å². The van der Waals surface area contributed by atoms with E-state index in [4.69, 9.17) is 5.73 Å². The number of amides is 2. The smallest absolute Gasteiger partial charge is 0.267 e. The summed E-state index contributed by atoms with van der Waals surface area (Å²) in [4.78, 5) is 32.3. The highest BCUT2D eigenvalue weighted by atomic mass is 16.2. The molecule has 0 spiro atoms. The Balaban J connectivity index is 1.58. The second kappa shape index (κ2) is 7.64. The normalized spacial score (nSPS) is 19.8. The van der Waals surface area contributed by atoms with Gasteiger partial charge in [0.2, 0.25) is 5.91 Å². The van der Waals surface area contributed by atoms with E-state index in [9.17, 15) is 9.59 Å². The molecule has 0 bridgehead atoms. The molecule has 24 heavy (non-hydrogen) atoms. The minimum absolute atomic E-state index is 0.136. The number of likely N-dealkylation sites (tertiary alicyclic amines) is 1. The van der Waals surface area contributed by atoms with E-state index in [1.807, 2.05) is 6.07 Å². The monoisotopic (exact) mass is 330 g/mol. The van der Waals surface area contributed by atoms with Gasteiger partial charge in [-0.1, -0.05) is 12.8 Å². The predicted octanol–water partition coefficient (Wildman–Crippen LogP) is 1.80. The van der Waals surface area contributed by atoms with Crippen molar-refractivity contribution in [1.29, 1.82) is 0 Å². The highest BCUT2D eigenvalue weighted by Gasteiger charge is 2.29. The first-order valence-electron chi connectivity index (χ1n) is 8.95. The van der Waals surface area contributed by atoms with Gasteiger partial charge in [0.1, 0.15) is 5.69 Å². The van der Waals surface area contributed by atoms with Crippen LogP contribution in [-0.2, 0) is 4.79 Å². The third-order valence-electron chi connectivity index (χ3n) is 5.12. The molecule has 2 N–H and O–H groups in total. The molecule has 6 nitrogen and oxygen atoms in total. The molecule has 0 saturated carbocycles. The lowest BCUT2D eigenvalue weighted by Gasteiger charge is -2.35. The molecular weight excluding hydrogens is 304 g/mol. The number of anilines is 1. The molecular formula is C18H26N4O2. The van der Waals surface area contributed by atoms with Crippen LogP contribution in [0.5, 0.6) is 0 Å². The van der Waals surface area contributed by atoms with Gasteiger partial charge in [-0.05, 0) is 37.8 Å². The third-order valence-corrected chi connectivity index (χ3v) is 5.12. The molecule has 2 amide bonds. The number of aromatic nitrogens is 1. The number of pyridine rings is 1. The Bertz CT molecular complexity index is 588. The van der Waals surface area contributed by atoms with E-state index in [0.717, 1.165) is 57.5 Å². The summed E-state index contributed by atoms with van der Waals surface area (Å²) in [7, 11) is 0.